The summed E-state index contributed by atoms with van der Waals surface area (Å²) in [6.45, 7) is 6.96. The van der Waals surface area contributed by atoms with Crippen molar-refractivity contribution < 1.29 is 28.9 Å². The van der Waals surface area contributed by atoms with Crippen molar-refractivity contribution in [2.75, 3.05) is 53.1 Å². The third kappa shape index (κ3) is 5.71. The fraction of sp³-hybridized carbons (Fsp3) is 0.429. The number of rotatable bonds is 10. The lowest BCUT2D eigenvalue weighted by atomic mass is 9.95. The van der Waals surface area contributed by atoms with Gasteiger partial charge in [0.25, 0.3) is 11.7 Å². The van der Waals surface area contributed by atoms with Crippen LogP contribution < -0.4 is 9.47 Å². The molecule has 2 aromatic rings. The molecule has 8 nitrogen and oxygen atoms in total. The van der Waals surface area contributed by atoms with Gasteiger partial charge in [-0.05, 0) is 54.8 Å². The number of morpholine rings is 1. The van der Waals surface area contributed by atoms with E-state index in [9.17, 15) is 14.7 Å². The quantitative estimate of drug-likeness (QED) is 0.307. The van der Waals surface area contributed by atoms with Crippen LogP contribution in [0, 0.1) is 0 Å². The largest absolute Gasteiger partial charge is 0.507 e. The Bertz CT molecular complexity index is 1070. The molecule has 1 N–H and O–H groups in total. The smallest absolute Gasteiger partial charge is 0.295 e. The molecule has 2 aromatic carbocycles. The first-order valence-electron chi connectivity index (χ1n) is 12.5. The van der Waals surface area contributed by atoms with Gasteiger partial charge in [-0.25, -0.2) is 0 Å². The van der Waals surface area contributed by atoms with Gasteiger partial charge in [0.1, 0.15) is 17.3 Å². The number of carbonyl (C=O) groups excluding carboxylic acids is 2. The summed E-state index contributed by atoms with van der Waals surface area (Å²) in [6.07, 6.45) is 1.60. The molecule has 2 fully saturated rings. The van der Waals surface area contributed by atoms with E-state index >= 15 is 0 Å². The Labute approximate surface area is 212 Å². The molecule has 0 aromatic heterocycles. The predicted octanol–water partition coefficient (Wildman–Crippen LogP) is 3.63. The van der Waals surface area contributed by atoms with Gasteiger partial charge in [-0.1, -0.05) is 19.1 Å². The zero-order valence-corrected chi connectivity index (χ0v) is 20.9. The summed E-state index contributed by atoms with van der Waals surface area (Å²) in [5.74, 6) is -0.102. The summed E-state index contributed by atoms with van der Waals surface area (Å²) in [5, 5.41) is 11.2. The number of carbonyl (C=O) groups is 2. The van der Waals surface area contributed by atoms with E-state index < -0.39 is 17.7 Å². The highest BCUT2D eigenvalue weighted by molar-refractivity contribution is 6.46. The lowest BCUT2D eigenvalue weighted by Crippen LogP contribution is -2.38. The van der Waals surface area contributed by atoms with Gasteiger partial charge in [-0.2, -0.15) is 0 Å². The lowest BCUT2D eigenvalue weighted by molar-refractivity contribution is -0.140. The number of nitrogens with zero attached hydrogens (tertiary/aromatic N) is 2. The number of methoxy groups -OCH3 is 1. The van der Waals surface area contributed by atoms with Crippen molar-refractivity contribution in [3.05, 3.63) is 65.2 Å². The molecule has 0 spiro atoms. The Morgan fingerprint density at radius 3 is 2.31 bits per heavy atom. The first-order chi connectivity index (χ1) is 17.5. The molecule has 0 saturated carbocycles. The normalized spacial score (nSPS) is 20.1. The molecule has 1 atom stereocenters. The first-order valence-corrected chi connectivity index (χ1v) is 12.5. The molecule has 36 heavy (non-hydrogen) atoms. The van der Waals surface area contributed by atoms with Crippen LogP contribution >= 0.6 is 0 Å². The Kier molecular flexibility index (Phi) is 8.61. The van der Waals surface area contributed by atoms with Gasteiger partial charge in [-0.15, -0.1) is 0 Å². The zero-order chi connectivity index (χ0) is 25.5. The Morgan fingerprint density at radius 1 is 1.00 bits per heavy atom. The standard InChI is InChI=1S/C28H34N2O6/c1-3-17-36-23-11-7-21(8-12-23)26(31)24-25(20-5-9-22(34-2)10-6-20)30(28(33)27(24)32)14-4-13-29-15-18-35-19-16-29/h5-12,25,31H,3-4,13-19H2,1-2H3/b26-24-. The van der Waals surface area contributed by atoms with Gasteiger partial charge in [0.15, 0.2) is 0 Å². The number of hydrogen-bond donors (Lipinski definition) is 1. The number of ketones is 1. The van der Waals surface area contributed by atoms with Gasteiger partial charge >= 0.3 is 0 Å². The summed E-state index contributed by atoms with van der Waals surface area (Å²) < 4.78 is 16.3. The Morgan fingerprint density at radius 2 is 1.67 bits per heavy atom. The average molecular weight is 495 g/mol. The fourth-order valence-electron chi connectivity index (χ4n) is 4.62. The minimum Gasteiger partial charge on any atom is -0.507 e. The summed E-state index contributed by atoms with van der Waals surface area (Å²) >= 11 is 0. The third-order valence-corrected chi connectivity index (χ3v) is 6.55. The van der Waals surface area contributed by atoms with Crippen LogP contribution in [0.25, 0.3) is 5.76 Å². The van der Waals surface area contributed by atoms with E-state index in [1.165, 1.54) is 0 Å². The maximum absolute atomic E-state index is 13.2. The number of hydrogen-bond acceptors (Lipinski definition) is 7. The van der Waals surface area contributed by atoms with Crippen LogP contribution in [0.3, 0.4) is 0 Å². The van der Waals surface area contributed by atoms with E-state index in [2.05, 4.69) is 4.90 Å². The molecule has 1 unspecified atom stereocenters. The van der Waals surface area contributed by atoms with Crippen molar-refractivity contribution in [2.24, 2.45) is 0 Å². The number of ether oxygens (including phenoxy) is 3. The summed E-state index contributed by atoms with van der Waals surface area (Å²) in [6, 6.07) is 13.5. The second-order valence-corrected chi connectivity index (χ2v) is 8.95. The van der Waals surface area contributed by atoms with Crippen LogP contribution in [0.15, 0.2) is 54.1 Å². The van der Waals surface area contributed by atoms with Crippen molar-refractivity contribution in [1.82, 2.24) is 9.80 Å². The number of Topliss-reactive ketones (excluding diaryl/α,β-unsaturated/α-hetero) is 1. The number of benzene rings is 2. The van der Waals surface area contributed by atoms with Crippen LogP contribution in [0.1, 0.15) is 36.9 Å². The van der Waals surface area contributed by atoms with Gasteiger partial charge in [0, 0.05) is 31.7 Å². The van der Waals surface area contributed by atoms with E-state index in [1.54, 1.807) is 48.4 Å². The van der Waals surface area contributed by atoms with Crippen LogP contribution in [0.5, 0.6) is 11.5 Å². The summed E-state index contributed by atoms with van der Waals surface area (Å²) in [7, 11) is 1.58. The average Bonchev–Trinajstić information content (AvgIpc) is 3.17. The van der Waals surface area contributed by atoms with Crippen molar-refractivity contribution in [3.8, 4) is 11.5 Å². The molecule has 4 rings (SSSR count). The van der Waals surface area contributed by atoms with Gasteiger partial charge < -0.3 is 24.2 Å². The minimum absolute atomic E-state index is 0.0961. The Hall–Kier alpha value is -3.36. The number of likely N-dealkylation sites (tertiary alicyclic amines) is 1. The van der Waals surface area contributed by atoms with E-state index in [-0.39, 0.29) is 11.3 Å². The molecule has 1 amide bonds. The molecular weight excluding hydrogens is 460 g/mol. The molecule has 8 heteroatoms. The Balaban J connectivity index is 1.63. The van der Waals surface area contributed by atoms with E-state index in [4.69, 9.17) is 14.2 Å². The molecule has 2 saturated heterocycles. The van der Waals surface area contributed by atoms with Crippen LogP contribution in [0.4, 0.5) is 0 Å². The fourth-order valence-corrected chi connectivity index (χ4v) is 4.62. The zero-order valence-electron chi connectivity index (χ0n) is 20.9. The van der Waals surface area contributed by atoms with Crippen molar-refractivity contribution in [1.29, 1.82) is 0 Å². The first kappa shape index (κ1) is 25.7. The van der Waals surface area contributed by atoms with Crippen LogP contribution in [0.2, 0.25) is 0 Å². The molecular formula is C28H34N2O6. The highest BCUT2D eigenvalue weighted by Crippen LogP contribution is 2.40. The molecule has 0 aliphatic carbocycles. The molecule has 0 bridgehead atoms. The highest BCUT2D eigenvalue weighted by atomic mass is 16.5. The minimum atomic E-state index is -0.684. The maximum Gasteiger partial charge on any atom is 0.295 e. The van der Waals surface area contributed by atoms with Gasteiger partial charge in [0.2, 0.25) is 0 Å². The number of amides is 1. The maximum atomic E-state index is 13.2. The molecule has 2 heterocycles. The topological polar surface area (TPSA) is 88.5 Å². The van der Waals surface area contributed by atoms with E-state index in [0.717, 1.165) is 31.6 Å². The van der Waals surface area contributed by atoms with E-state index in [0.29, 0.717) is 49.8 Å². The van der Waals surface area contributed by atoms with Gasteiger partial charge in [0.05, 0.1) is 38.5 Å². The SMILES string of the molecule is CCCOc1ccc(/C(O)=C2/C(=O)C(=O)N(CCCN3CCOCC3)C2c2ccc(OC)cc2)cc1. The second kappa shape index (κ2) is 12.1. The molecule has 192 valence electrons. The number of aliphatic hydroxyl groups is 1. The van der Waals surface area contributed by atoms with Crippen molar-refractivity contribution in [3.63, 3.8) is 0 Å². The third-order valence-electron chi connectivity index (χ3n) is 6.55. The van der Waals surface area contributed by atoms with Crippen LogP contribution in [-0.4, -0.2) is 79.7 Å². The summed E-state index contributed by atoms with van der Waals surface area (Å²) in [4.78, 5) is 30.3. The van der Waals surface area contributed by atoms with Crippen molar-refractivity contribution >= 4 is 17.4 Å². The van der Waals surface area contributed by atoms with Gasteiger partial charge in [-0.3, -0.25) is 14.5 Å². The van der Waals surface area contributed by atoms with Crippen molar-refractivity contribution in [2.45, 2.75) is 25.8 Å². The second-order valence-electron chi connectivity index (χ2n) is 8.95. The monoisotopic (exact) mass is 494 g/mol. The number of aliphatic hydroxyl groups excluding tert-OH is 1. The highest BCUT2D eigenvalue weighted by Gasteiger charge is 2.45. The van der Waals surface area contributed by atoms with Crippen LogP contribution in [-0.2, 0) is 14.3 Å². The molecule has 2 aliphatic heterocycles. The lowest BCUT2D eigenvalue weighted by Gasteiger charge is -2.29. The summed E-state index contributed by atoms with van der Waals surface area (Å²) in [5.41, 5.74) is 1.30. The molecule has 2 aliphatic rings. The predicted molar refractivity (Wildman–Crippen MR) is 136 cm³/mol. The van der Waals surface area contributed by atoms with E-state index in [1.807, 2.05) is 19.1 Å². The molecule has 0 radical (unpaired) electrons.